The van der Waals surface area contributed by atoms with Crippen molar-refractivity contribution in [3.8, 4) is 0 Å². The minimum absolute atomic E-state index is 0.0873. The predicted molar refractivity (Wildman–Crippen MR) is 61.7 cm³/mol. The van der Waals surface area contributed by atoms with Crippen molar-refractivity contribution in [3.63, 3.8) is 0 Å². The van der Waals surface area contributed by atoms with Crippen molar-refractivity contribution in [2.45, 2.75) is 58.0 Å². The minimum Gasteiger partial charge on any atom is -0.322 e. The van der Waals surface area contributed by atoms with Crippen LogP contribution in [0.2, 0.25) is 0 Å². The van der Waals surface area contributed by atoms with Gasteiger partial charge in [0.1, 0.15) is 0 Å². The Morgan fingerprint density at radius 1 is 1.31 bits per heavy atom. The maximum Gasteiger partial charge on any atom is 0.167 e. The molecule has 1 fully saturated rings. The maximum atomic E-state index is 5.87. The molecule has 2 rings (SSSR count). The van der Waals surface area contributed by atoms with E-state index in [2.05, 4.69) is 22.4 Å². The molecule has 0 spiro atoms. The fourth-order valence-electron chi connectivity index (χ4n) is 2.47. The van der Waals surface area contributed by atoms with Crippen LogP contribution in [0.1, 0.15) is 63.9 Å². The molecule has 1 aliphatic rings. The van der Waals surface area contributed by atoms with Crippen molar-refractivity contribution in [1.82, 2.24) is 20.2 Å². The Hall–Kier alpha value is -0.970. The van der Waals surface area contributed by atoms with Crippen LogP contribution in [-0.4, -0.2) is 20.2 Å². The van der Waals surface area contributed by atoms with Gasteiger partial charge in [-0.3, -0.25) is 0 Å². The molecule has 16 heavy (non-hydrogen) atoms. The third-order valence-electron chi connectivity index (χ3n) is 3.50. The minimum atomic E-state index is -0.0873. The average Bonchev–Trinajstić information content (AvgIpc) is 2.63. The van der Waals surface area contributed by atoms with Gasteiger partial charge in [0.25, 0.3) is 0 Å². The second-order valence-corrected chi connectivity index (χ2v) is 5.04. The first-order valence-corrected chi connectivity index (χ1v) is 6.22. The Morgan fingerprint density at radius 3 is 2.88 bits per heavy atom. The monoisotopic (exact) mass is 223 g/mol. The number of hydrogen-bond acceptors (Lipinski definition) is 4. The van der Waals surface area contributed by atoms with Crippen LogP contribution < -0.4 is 5.73 Å². The maximum absolute atomic E-state index is 5.87. The van der Waals surface area contributed by atoms with Gasteiger partial charge in [0.15, 0.2) is 5.82 Å². The molecule has 0 amide bonds. The Bertz CT molecular complexity index is 333. The zero-order valence-electron chi connectivity index (χ0n) is 10.1. The van der Waals surface area contributed by atoms with Crippen LogP contribution in [-0.2, 0) is 0 Å². The van der Waals surface area contributed by atoms with Crippen LogP contribution >= 0.6 is 0 Å². The molecule has 2 N–H and O–H groups in total. The molecule has 5 heteroatoms. The van der Waals surface area contributed by atoms with Crippen molar-refractivity contribution in [2.24, 2.45) is 11.7 Å². The third-order valence-corrected chi connectivity index (χ3v) is 3.50. The van der Waals surface area contributed by atoms with Gasteiger partial charge in [0.05, 0.1) is 12.1 Å². The van der Waals surface area contributed by atoms with Crippen LogP contribution in [0.25, 0.3) is 0 Å². The Morgan fingerprint density at radius 2 is 2.12 bits per heavy atom. The van der Waals surface area contributed by atoms with Gasteiger partial charge in [0, 0.05) is 0 Å². The lowest BCUT2D eigenvalue weighted by Crippen LogP contribution is -2.19. The molecule has 5 nitrogen and oxygen atoms in total. The highest BCUT2D eigenvalue weighted by Crippen LogP contribution is 2.30. The standard InChI is InChI=1S/C11H21N5/c1-8-4-3-5-10(7-6-8)16-11(9(2)12)13-14-15-16/h8-10H,3-7,12H2,1-2H3. The highest BCUT2D eigenvalue weighted by molar-refractivity contribution is 4.90. The Kier molecular flexibility index (Phi) is 3.53. The topological polar surface area (TPSA) is 69.6 Å². The molecule has 0 bridgehead atoms. The smallest absolute Gasteiger partial charge is 0.167 e. The lowest BCUT2D eigenvalue weighted by molar-refractivity contribution is 0.373. The number of aromatic nitrogens is 4. The molecule has 0 aromatic carbocycles. The van der Waals surface area contributed by atoms with E-state index in [-0.39, 0.29) is 6.04 Å². The van der Waals surface area contributed by atoms with Gasteiger partial charge >= 0.3 is 0 Å². The summed E-state index contributed by atoms with van der Waals surface area (Å²) in [5.41, 5.74) is 5.87. The van der Waals surface area contributed by atoms with Gasteiger partial charge < -0.3 is 5.73 Å². The molecule has 1 saturated carbocycles. The van der Waals surface area contributed by atoms with Crippen molar-refractivity contribution in [2.75, 3.05) is 0 Å². The SMILES string of the molecule is CC1CCCC(n2nnnc2C(C)N)CC1. The first-order valence-electron chi connectivity index (χ1n) is 6.22. The highest BCUT2D eigenvalue weighted by atomic mass is 15.6. The van der Waals surface area contributed by atoms with Gasteiger partial charge in [-0.1, -0.05) is 19.8 Å². The van der Waals surface area contributed by atoms with E-state index >= 15 is 0 Å². The zero-order chi connectivity index (χ0) is 11.5. The molecule has 1 aromatic heterocycles. The molecule has 1 aliphatic carbocycles. The molecular formula is C11H21N5. The van der Waals surface area contributed by atoms with Gasteiger partial charge in [-0.15, -0.1) is 5.10 Å². The van der Waals surface area contributed by atoms with E-state index in [0.29, 0.717) is 6.04 Å². The second-order valence-electron chi connectivity index (χ2n) is 5.04. The van der Waals surface area contributed by atoms with Crippen molar-refractivity contribution >= 4 is 0 Å². The molecule has 90 valence electrons. The van der Waals surface area contributed by atoms with E-state index in [9.17, 15) is 0 Å². The van der Waals surface area contributed by atoms with E-state index < -0.39 is 0 Å². The van der Waals surface area contributed by atoms with E-state index in [4.69, 9.17) is 5.73 Å². The van der Waals surface area contributed by atoms with Crippen molar-refractivity contribution < 1.29 is 0 Å². The number of nitrogens with zero attached hydrogens (tertiary/aromatic N) is 4. The zero-order valence-corrected chi connectivity index (χ0v) is 10.1. The average molecular weight is 223 g/mol. The number of rotatable bonds is 2. The van der Waals surface area contributed by atoms with Crippen LogP contribution in [0.3, 0.4) is 0 Å². The predicted octanol–water partition coefficient (Wildman–Crippen LogP) is 1.83. The summed E-state index contributed by atoms with van der Waals surface area (Å²) in [6.07, 6.45) is 6.21. The number of hydrogen-bond donors (Lipinski definition) is 1. The van der Waals surface area contributed by atoms with Crippen LogP contribution in [0.4, 0.5) is 0 Å². The fraction of sp³-hybridized carbons (Fsp3) is 0.909. The molecule has 1 aromatic rings. The van der Waals surface area contributed by atoms with Gasteiger partial charge in [-0.25, -0.2) is 4.68 Å². The van der Waals surface area contributed by atoms with Crippen molar-refractivity contribution in [1.29, 1.82) is 0 Å². The van der Waals surface area contributed by atoms with Crippen LogP contribution in [0.15, 0.2) is 0 Å². The second kappa shape index (κ2) is 4.91. The quantitative estimate of drug-likeness (QED) is 0.777. The molecule has 0 saturated heterocycles. The summed E-state index contributed by atoms with van der Waals surface area (Å²) < 4.78 is 1.95. The van der Waals surface area contributed by atoms with Crippen molar-refractivity contribution in [3.05, 3.63) is 5.82 Å². The summed E-state index contributed by atoms with van der Waals surface area (Å²) in [5, 5.41) is 11.9. The lowest BCUT2D eigenvalue weighted by atomic mass is 10.0. The van der Waals surface area contributed by atoms with Crippen LogP contribution in [0, 0.1) is 5.92 Å². The summed E-state index contributed by atoms with van der Waals surface area (Å²) in [7, 11) is 0. The highest BCUT2D eigenvalue weighted by Gasteiger charge is 2.22. The van der Waals surface area contributed by atoms with Crippen LogP contribution in [0.5, 0.6) is 0 Å². The first-order chi connectivity index (χ1) is 7.68. The molecular weight excluding hydrogens is 202 g/mol. The largest absolute Gasteiger partial charge is 0.322 e. The summed E-state index contributed by atoms with van der Waals surface area (Å²) >= 11 is 0. The molecule has 1 heterocycles. The summed E-state index contributed by atoms with van der Waals surface area (Å²) in [6, 6.07) is 0.358. The summed E-state index contributed by atoms with van der Waals surface area (Å²) in [4.78, 5) is 0. The summed E-state index contributed by atoms with van der Waals surface area (Å²) in [6.45, 7) is 4.26. The molecule has 3 unspecified atom stereocenters. The van der Waals surface area contributed by atoms with Gasteiger partial charge in [-0.05, 0) is 42.5 Å². The third kappa shape index (κ3) is 2.40. The van der Waals surface area contributed by atoms with Gasteiger partial charge in [-0.2, -0.15) is 0 Å². The summed E-state index contributed by atoms with van der Waals surface area (Å²) in [5.74, 6) is 1.65. The molecule has 0 aliphatic heterocycles. The molecule has 0 radical (unpaired) electrons. The molecule has 3 atom stereocenters. The Balaban J connectivity index is 2.13. The van der Waals surface area contributed by atoms with E-state index in [1.165, 1.54) is 32.1 Å². The fourth-order valence-corrected chi connectivity index (χ4v) is 2.47. The number of nitrogens with two attached hydrogens (primary N) is 1. The van der Waals surface area contributed by atoms with E-state index in [1.54, 1.807) is 0 Å². The number of tetrazole rings is 1. The van der Waals surface area contributed by atoms with E-state index in [1.807, 2.05) is 11.6 Å². The normalized spacial score (nSPS) is 28.7. The van der Waals surface area contributed by atoms with E-state index in [0.717, 1.165) is 11.7 Å². The van der Waals surface area contributed by atoms with Gasteiger partial charge in [0.2, 0.25) is 0 Å². The first kappa shape index (κ1) is 11.5. The lowest BCUT2D eigenvalue weighted by Gasteiger charge is -2.17. The Labute approximate surface area is 96.4 Å².